The van der Waals surface area contributed by atoms with E-state index in [4.69, 9.17) is 11.6 Å². The lowest BCUT2D eigenvalue weighted by atomic mass is 9.96. The van der Waals surface area contributed by atoms with E-state index in [0.717, 1.165) is 11.1 Å². The van der Waals surface area contributed by atoms with Crippen LogP contribution in [-0.4, -0.2) is 23.4 Å². The number of amides is 3. The molecule has 0 fully saturated rings. The van der Waals surface area contributed by atoms with E-state index in [9.17, 15) is 14.0 Å². The second kappa shape index (κ2) is 6.46. The fourth-order valence-corrected chi connectivity index (χ4v) is 3.40. The van der Waals surface area contributed by atoms with E-state index in [1.54, 1.807) is 41.3 Å². The van der Waals surface area contributed by atoms with Gasteiger partial charge in [0.2, 0.25) is 0 Å². The van der Waals surface area contributed by atoms with Gasteiger partial charge in [0.15, 0.2) is 0 Å². The Balaban J connectivity index is 1.61. The van der Waals surface area contributed by atoms with Gasteiger partial charge in [0.1, 0.15) is 5.82 Å². The Bertz CT molecular complexity index is 909. The summed E-state index contributed by atoms with van der Waals surface area (Å²) < 4.78 is 13.1. The maximum absolute atomic E-state index is 13.1. The Hall–Kier alpha value is -2.86. The smallest absolute Gasteiger partial charge is 0.319 e. The summed E-state index contributed by atoms with van der Waals surface area (Å²) in [6.07, 6.45) is 0. The molecule has 0 radical (unpaired) electrons. The largest absolute Gasteiger partial charge is 0.329 e. The van der Waals surface area contributed by atoms with Crippen molar-refractivity contribution >= 4 is 23.5 Å². The number of rotatable bonds is 3. The van der Waals surface area contributed by atoms with Gasteiger partial charge in [-0.25, -0.2) is 9.18 Å². The quantitative estimate of drug-likeness (QED) is 0.870. The maximum atomic E-state index is 13.1. The molecular formula is C19H15ClFN3O2. The average Bonchev–Trinajstić information content (AvgIpc) is 2.92. The molecule has 0 spiro atoms. The first kappa shape index (κ1) is 16.6. The number of hydrogen-bond acceptors (Lipinski definition) is 2. The van der Waals surface area contributed by atoms with Crippen molar-refractivity contribution in [1.29, 1.82) is 0 Å². The number of carbonyl (C=O) groups excluding carboxylic acids is 2. The molecule has 132 valence electrons. The predicted octanol–water partition coefficient (Wildman–Crippen LogP) is 3.13. The number of benzene rings is 2. The van der Waals surface area contributed by atoms with Crippen LogP contribution >= 0.6 is 11.6 Å². The lowest BCUT2D eigenvalue weighted by Crippen LogP contribution is -2.44. The van der Waals surface area contributed by atoms with Crippen LogP contribution < -0.4 is 10.6 Å². The van der Waals surface area contributed by atoms with Crippen molar-refractivity contribution in [3.05, 3.63) is 81.8 Å². The van der Waals surface area contributed by atoms with Crippen molar-refractivity contribution < 1.29 is 14.0 Å². The Labute approximate surface area is 154 Å². The molecule has 0 aliphatic carbocycles. The SMILES string of the molecule is O=C1NC2=C(C(=O)N(Cc3ccc(F)cc3)C2)[C@H](c2ccc(Cl)cc2)N1. The van der Waals surface area contributed by atoms with Crippen LogP contribution in [0.5, 0.6) is 0 Å². The van der Waals surface area contributed by atoms with Gasteiger partial charge in [0, 0.05) is 11.6 Å². The summed E-state index contributed by atoms with van der Waals surface area (Å²) in [6.45, 7) is 0.651. The zero-order valence-corrected chi connectivity index (χ0v) is 14.4. The number of halogens is 2. The molecule has 0 bridgehead atoms. The van der Waals surface area contributed by atoms with Crippen LogP contribution in [0.1, 0.15) is 17.2 Å². The first-order valence-electron chi connectivity index (χ1n) is 8.11. The highest BCUT2D eigenvalue weighted by Gasteiger charge is 2.40. The molecule has 2 aliphatic rings. The molecule has 2 aromatic carbocycles. The number of urea groups is 1. The van der Waals surface area contributed by atoms with Crippen molar-refractivity contribution in [2.45, 2.75) is 12.6 Å². The molecule has 2 N–H and O–H groups in total. The molecule has 5 nitrogen and oxygen atoms in total. The second-order valence-corrected chi connectivity index (χ2v) is 6.70. The van der Waals surface area contributed by atoms with Crippen LogP contribution in [0.2, 0.25) is 5.02 Å². The normalized spacial score (nSPS) is 19.3. The van der Waals surface area contributed by atoms with E-state index >= 15 is 0 Å². The van der Waals surface area contributed by atoms with E-state index in [-0.39, 0.29) is 17.8 Å². The highest BCUT2D eigenvalue weighted by molar-refractivity contribution is 6.30. The highest BCUT2D eigenvalue weighted by Crippen LogP contribution is 2.33. The van der Waals surface area contributed by atoms with E-state index in [2.05, 4.69) is 10.6 Å². The van der Waals surface area contributed by atoms with Crippen molar-refractivity contribution in [3.8, 4) is 0 Å². The third-order valence-corrected chi connectivity index (χ3v) is 4.76. The van der Waals surface area contributed by atoms with Gasteiger partial charge in [0.25, 0.3) is 5.91 Å². The number of nitrogens with one attached hydrogen (secondary N) is 2. The van der Waals surface area contributed by atoms with Crippen molar-refractivity contribution in [3.63, 3.8) is 0 Å². The zero-order chi connectivity index (χ0) is 18.3. The van der Waals surface area contributed by atoms with E-state index in [1.165, 1.54) is 12.1 Å². The molecule has 3 amide bonds. The summed E-state index contributed by atoms with van der Waals surface area (Å²) in [5.41, 5.74) is 2.73. The summed E-state index contributed by atoms with van der Waals surface area (Å²) in [5.74, 6) is -0.477. The van der Waals surface area contributed by atoms with Crippen LogP contribution in [0.25, 0.3) is 0 Å². The van der Waals surface area contributed by atoms with E-state index in [1.807, 2.05) is 0 Å². The zero-order valence-electron chi connectivity index (χ0n) is 13.6. The van der Waals surface area contributed by atoms with Crippen LogP contribution in [0, 0.1) is 5.82 Å². The van der Waals surface area contributed by atoms with Crippen molar-refractivity contribution in [2.24, 2.45) is 0 Å². The Morgan fingerprint density at radius 3 is 2.46 bits per heavy atom. The van der Waals surface area contributed by atoms with Crippen LogP contribution in [0.3, 0.4) is 0 Å². The molecule has 2 aromatic rings. The summed E-state index contributed by atoms with van der Waals surface area (Å²) in [7, 11) is 0. The molecule has 4 rings (SSSR count). The predicted molar refractivity (Wildman–Crippen MR) is 94.7 cm³/mol. The Morgan fingerprint density at radius 1 is 1.08 bits per heavy atom. The maximum Gasteiger partial charge on any atom is 0.319 e. The average molecular weight is 372 g/mol. The molecule has 2 heterocycles. The molecular weight excluding hydrogens is 357 g/mol. The molecule has 0 saturated carbocycles. The second-order valence-electron chi connectivity index (χ2n) is 6.26. The van der Waals surface area contributed by atoms with Crippen LogP contribution in [0.15, 0.2) is 59.8 Å². The lowest BCUT2D eigenvalue weighted by molar-refractivity contribution is -0.126. The van der Waals surface area contributed by atoms with Crippen LogP contribution in [0.4, 0.5) is 9.18 Å². The standard InChI is InChI=1S/C19H15ClFN3O2/c20-13-5-3-12(4-6-13)17-16-15(22-19(26)23-17)10-24(18(16)25)9-11-1-7-14(21)8-2-11/h1-8,17H,9-10H2,(H2,22,23,26)/t17-/m0/s1. The monoisotopic (exact) mass is 371 g/mol. The molecule has 0 saturated heterocycles. The molecule has 0 unspecified atom stereocenters. The Morgan fingerprint density at radius 2 is 1.77 bits per heavy atom. The molecule has 2 aliphatic heterocycles. The van der Waals surface area contributed by atoms with E-state index in [0.29, 0.717) is 29.4 Å². The minimum atomic E-state index is -0.526. The van der Waals surface area contributed by atoms with Crippen LogP contribution in [-0.2, 0) is 11.3 Å². The fourth-order valence-electron chi connectivity index (χ4n) is 3.27. The first-order chi connectivity index (χ1) is 12.5. The highest BCUT2D eigenvalue weighted by atomic mass is 35.5. The van der Waals surface area contributed by atoms with Crippen molar-refractivity contribution in [1.82, 2.24) is 15.5 Å². The van der Waals surface area contributed by atoms with Gasteiger partial charge in [-0.05, 0) is 35.4 Å². The lowest BCUT2D eigenvalue weighted by Gasteiger charge is -2.25. The van der Waals surface area contributed by atoms with Gasteiger partial charge < -0.3 is 15.5 Å². The van der Waals surface area contributed by atoms with Gasteiger partial charge in [0.05, 0.1) is 23.9 Å². The fraction of sp³-hybridized carbons (Fsp3) is 0.158. The molecule has 0 aromatic heterocycles. The first-order valence-corrected chi connectivity index (χ1v) is 8.49. The Kier molecular flexibility index (Phi) is 4.12. The third-order valence-electron chi connectivity index (χ3n) is 4.51. The van der Waals surface area contributed by atoms with Crippen molar-refractivity contribution in [2.75, 3.05) is 6.54 Å². The van der Waals surface area contributed by atoms with Gasteiger partial charge in [-0.3, -0.25) is 4.79 Å². The summed E-state index contributed by atoms with van der Waals surface area (Å²) in [4.78, 5) is 26.6. The number of hydrogen-bond donors (Lipinski definition) is 2. The minimum absolute atomic E-state index is 0.156. The van der Waals surface area contributed by atoms with Gasteiger partial charge >= 0.3 is 6.03 Å². The van der Waals surface area contributed by atoms with Gasteiger partial charge in [-0.2, -0.15) is 0 Å². The summed E-state index contributed by atoms with van der Waals surface area (Å²) >= 11 is 5.93. The third kappa shape index (κ3) is 3.04. The van der Waals surface area contributed by atoms with Gasteiger partial charge in [-0.1, -0.05) is 35.9 Å². The minimum Gasteiger partial charge on any atom is -0.329 e. The molecule has 7 heteroatoms. The summed E-state index contributed by atoms with van der Waals surface area (Å²) in [5, 5.41) is 6.11. The van der Waals surface area contributed by atoms with E-state index < -0.39 is 6.04 Å². The number of carbonyl (C=O) groups is 2. The number of nitrogens with zero attached hydrogens (tertiary/aromatic N) is 1. The van der Waals surface area contributed by atoms with Gasteiger partial charge in [-0.15, -0.1) is 0 Å². The topological polar surface area (TPSA) is 61.4 Å². The molecule has 1 atom stereocenters. The summed E-state index contributed by atoms with van der Waals surface area (Å²) in [6, 6.07) is 12.2. The molecule has 26 heavy (non-hydrogen) atoms.